The number of hydrogen-bond acceptors (Lipinski definition) is 8. The minimum Gasteiger partial charge on any atom is -0.509 e. The van der Waals surface area contributed by atoms with E-state index in [1.54, 1.807) is 16.7 Å². The molecule has 12 nitrogen and oxygen atoms in total. The van der Waals surface area contributed by atoms with Crippen molar-refractivity contribution in [1.82, 2.24) is 24.4 Å². The molecule has 38 heavy (non-hydrogen) atoms. The van der Waals surface area contributed by atoms with E-state index in [4.69, 9.17) is 0 Å². The van der Waals surface area contributed by atoms with Crippen molar-refractivity contribution < 1.29 is 32.3 Å². The molecule has 0 spiro atoms. The summed E-state index contributed by atoms with van der Waals surface area (Å²) in [5.41, 5.74) is 0.228. The van der Waals surface area contributed by atoms with Crippen LogP contribution in [-0.4, -0.2) is 101 Å². The Bertz CT molecular complexity index is 1390. The number of piperazine rings is 1. The molecule has 14 heteroatoms. The normalized spacial score (nSPS) is 27.5. The van der Waals surface area contributed by atoms with E-state index in [1.165, 1.54) is 13.1 Å². The van der Waals surface area contributed by atoms with Crippen molar-refractivity contribution in [3.8, 4) is 0 Å². The van der Waals surface area contributed by atoms with Crippen molar-refractivity contribution in [2.24, 2.45) is 11.0 Å². The van der Waals surface area contributed by atoms with E-state index in [0.29, 0.717) is 13.1 Å². The molecule has 204 valence electrons. The van der Waals surface area contributed by atoms with Crippen LogP contribution in [0.3, 0.4) is 0 Å². The second kappa shape index (κ2) is 9.26. The molecule has 0 saturated carbocycles. The average Bonchev–Trinajstić information content (AvgIpc) is 3.19. The van der Waals surface area contributed by atoms with Crippen molar-refractivity contribution >= 4 is 33.6 Å². The van der Waals surface area contributed by atoms with Gasteiger partial charge in [-0.1, -0.05) is 6.07 Å². The molecule has 1 saturated heterocycles. The van der Waals surface area contributed by atoms with E-state index in [1.807, 2.05) is 6.92 Å². The number of benzene rings is 1. The molecule has 3 amide bonds. The van der Waals surface area contributed by atoms with E-state index < -0.39 is 51.3 Å². The number of nitrogens with one attached hydrogen (secondary N) is 1. The van der Waals surface area contributed by atoms with Crippen molar-refractivity contribution in [1.29, 1.82) is 0 Å². The molecule has 2 unspecified atom stereocenters. The molecular weight excluding hydrogens is 519 g/mol. The number of hydrogen-bond donors (Lipinski definition) is 2. The minimum absolute atomic E-state index is 0.0130. The van der Waals surface area contributed by atoms with Crippen LogP contribution < -0.4 is 5.32 Å². The highest BCUT2D eigenvalue weighted by Gasteiger charge is 2.58. The summed E-state index contributed by atoms with van der Waals surface area (Å²) in [6.45, 7) is 4.10. The number of aliphatic hydroxyl groups is 1. The number of amides is 3. The number of amidine groups is 1. The van der Waals surface area contributed by atoms with E-state index in [2.05, 4.69) is 10.4 Å². The number of aliphatic hydroxyl groups excluding tert-OH is 1. The van der Waals surface area contributed by atoms with Crippen molar-refractivity contribution in [2.45, 2.75) is 38.9 Å². The first-order valence-corrected chi connectivity index (χ1v) is 14.0. The predicted octanol–water partition coefficient (Wildman–Crippen LogP) is 0.197. The quantitative estimate of drug-likeness (QED) is 0.510. The van der Waals surface area contributed by atoms with Gasteiger partial charge in [0.2, 0.25) is 10.0 Å². The zero-order valence-electron chi connectivity index (χ0n) is 21.2. The van der Waals surface area contributed by atoms with Crippen LogP contribution in [0.5, 0.6) is 0 Å². The van der Waals surface area contributed by atoms with Crippen LogP contribution in [0.15, 0.2) is 34.8 Å². The molecule has 2 N–H and O–H groups in total. The van der Waals surface area contributed by atoms with Gasteiger partial charge in [0, 0.05) is 38.3 Å². The lowest BCUT2D eigenvalue weighted by atomic mass is 9.95. The first-order chi connectivity index (χ1) is 18.0. The Hall–Kier alpha value is -3.68. The van der Waals surface area contributed by atoms with Crippen LogP contribution in [0.25, 0.3) is 0 Å². The summed E-state index contributed by atoms with van der Waals surface area (Å²) in [5, 5.41) is 19.3. The predicted molar refractivity (Wildman–Crippen MR) is 133 cm³/mol. The van der Waals surface area contributed by atoms with Gasteiger partial charge in [0.15, 0.2) is 5.84 Å². The molecule has 1 aromatic carbocycles. The maximum absolute atomic E-state index is 14.1. The van der Waals surface area contributed by atoms with Crippen molar-refractivity contribution in [2.75, 3.05) is 32.4 Å². The number of carbonyl (C=O) groups excluding carboxylic acids is 3. The highest BCUT2D eigenvalue weighted by atomic mass is 32.2. The molecule has 4 aliphatic heterocycles. The highest BCUT2D eigenvalue weighted by molar-refractivity contribution is 7.89. The fourth-order valence-electron chi connectivity index (χ4n) is 5.53. The largest absolute Gasteiger partial charge is 0.509 e. The first kappa shape index (κ1) is 25.9. The minimum atomic E-state index is -3.97. The number of nitrogens with zero attached hydrogens (tertiary/aromatic N) is 5. The van der Waals surface area contributed by atoms with Gasteiger partial charge >= 0.3 is 0 Å². The maximum atomic E-state index is 14.1. The summed E-state index contributed by atoms with van der Waals surface area (Å²) >= 11 is 0. The summed E-state index contributed by atoms with van der Waals surface area (Å²) in [5.74, 6) is -4.48. The van der Waals surface area contributed by atoms with Gasteiger partial charge in [-0.05, 0) is 38.0 Å². The number of rotatable bonds is 1. The van der Waals surface area contributed by atoms with Crippen molar-refractivity contribution in [3.63, 3.8) is 0 Å². The van der Waals surface area contributed by atoms with E-state index in [0.717, 1.165) is 21.4 Å². The van der Waals surface area contributed by atoms with Gasteiger partial charge in [-0.25, -0.2) is 17.8 Å². The summed E-state index contributed by atoms with van der Waals surface area (Å²) < 4.78 is 41.7. The van der Waals surface area contributed by atoms with E-state index in [-0.39, 0.29) is 54.0 Å². The molecule has 3 atom stereocenters. The van der Waals surface area contributed by atoms with Crippen LogP contribution in [0, 0.1) is 11.7 Å². The summed E-state index contributed by atoms with van der Waals surface area (Å²) in [6.07, 6.45) is 0.0753. The zero-order chi connectivity index (χ0) is 27.5. The Morgan fingerprint density at radius 1 is 1.24 bits per heavy atom. The lowest BCUT2D eigenvalue weighted by molar-refractivity contribution is -0.139. The third-order valence-electron chi connectivity index (χ3n) is 7.49. The van der Waals surface area contributed by atoms with Crippen LogP contribution in [0.4, 0.5) is 4.39 Å². The Labute approximate surface area is 219 Å². The van der Waals surface area contributed by atoms with Crippen LogP contribution in [-0.2, 0) is 26.2 Å². The molecule has 4 aliphatic rings. The zero-order valence-corrected chi connectivity index (χ0v) is 22.0. The van der Waals surface area contributed by atoms with Gasteiger partial charge in [-0.15, -0.1) is 0 Å². The number of halogens is 1. The number of carbonyl (C=O) groups is 3. The monoisotopic (exact) mass is 548 g/mol. The van der Waals surface area contributed by atoms with Gasteiger partial charge in [0.1, 0.15) is 29.2 Å². The third-order valence-corrected chi connectivity index (χ3v) is 9.32. The van der Waals surface area contributed by atoms with E-state index in [9.17, 15) is 32.3 Å². The molecule has 0 aliphatic carbocycles. The fourth-order valence-corrected chi connectivity index (χ4v) is 6.74. The number of likely N-dealkylation sites (N-methyl/N-ethyl adjacent to an activating group) is 2. The second-order valence-corrected chi connectivity index (χ2v) is 11.9. The first-order valence-electron chi connectivity index (χ1n) is 12.4. The number of sulfonamides is 1. The Kier molecular flexibility index (Phi) is 6.32. The Balaban J connectivity index is 1.68. The lowest BCUT2D eigenvalue weighted by Crippen LogP contribution is -2.62. The molecule has 0 aromatic heterocycles. The smallest absolute Gasteiger partial charge is 0.273 e. The topological polar surface area (TPSA) is 143 Å². The van der Waals surface area contributed by atoms with E-state index >= 15 is 0 Å². The van der Waals surface area contributed by atoms with Gasteiger partial charge in [0.05, 0.1) is 12.3 Å². The highest BCUT2D eigenvalue weighted by Crippen LogP contribution is 2.42. The van der Waals surface area contributed by atoms with Crippen LogP contribution in [0.1, 0.15) is 36.2 Å². The number of fused-ring (bicyclic) bond motifs is 6. The molecule has 4 heterocycles. The molecule has 1 aromatic rings. The summed E-state index contributed by atoms with van der Waals surface area (Å²) in [4.78, 5) is 43.0. The SMILES string of the molecule is CCN1C[C@H](C)N2C(=C(O)C3C(=O)N4Cc5ccc(F)cc5C(=O)NCCCS(=O)(=O)N(C)C(=N4)C32)C1=O. The maximum Gasteiger partial charge on any atom is 0.273 e. The van der Waals surface area contributed by atoms with Crippen molar-refractivity contribution in [3.05, 3.63) is 46.6 Å². The lowest BCUT2D eigenvalue weighted by Gasteiger charge is -2.45. The van der Waals surface area contributed by atoms with Crippen LogP contribution >= 0.6 is 0 Å². The third kappa shape index (κ3) is 3.97. The average molecular weight is 549 g/mol. The van der Waals surface area contributed by atoms with Crippen LogP contribution in [0.2, 0.25) is 0 Å². The summed E-state index contributed by atoms with van der Waals surface area (Å²) in [7, 11) is -2.65. The molecular formula is C24H29FN6O6S. The Morgan fingerprint density at radius 2 is 1.97 bits per heavy atom. The van der Waals surface area contributed by atoms with Gasteiger partial charge in [0.25, 0.3) is 17.7 Å². The Morgan fingerprint density at radius 3 is 2.68 bits per heavy atom. The molecule has 0 radical (unpaired) electrons. The fraction of sp³-hybridized carbons (Fsp3) is 0.500. The molecule has 2 bridgehead atoms. The van der Waals surface area contributed by atoms with Gasteiger partial charge in [-0.3, -0.25) is 18.7 Å². The standard InChI is InChI=1S/C24H29FN6O6S/c1-4-29-11-13(2)31-18-17(20(32)19(31)24(29)35)23(34)30-12-14-6-7-15(25)10-16(14)22(33)26-8-5-9-38(36,37)28(3)21(18)27-30/h6-7,10,13,17-18,32H,4-5,8-9,11-12H2,1-3H3,(H,26,33)/t13-,17?,18?/m0/s1. The molecule has 1 fully saturated rings. The second-order valence-electron chi connectivity index (χ2n) is 9.80. The molecule has 5 rings (SSSR count). The van der Waals surface area contributed by atoms with Gasteiger partial charge in [-0.2, -0.15) is 5.10 Å². The summed E-state index contributed by atoms with van der Waals surface area (Å²) in [6, 6.07) is 2.19. The van der Waals surface area contributed by atoms with Gasteiger partial charge < -0.3 is 20.2 Å². The number of hydrazone groups is 1.